The minimum atomic E-state index is -0.155. The summed E-state index contributed by atoms with van der Waals surface area (Å²) in [6, 6.07) is 8.59. The Morgan fingerprint density at radius 1 is 1.21 bits per heavy atom. The maximum Gasteiger partial charge on any atom is 0.250 e. The van der Waals surface area contributed by atoms with E-state index in [1.54, 1.807) is 36.0 Å². The van der Waals surface area contributed by atoms with E-state index >= 15 is 0 Å². The topological polar surface area (TPSA) is 69.8 Å². The lowest BCUT2D eigenvalue weighted by atomic mass is 9.50. The molecule has 0 saturated heterocycles. The molecule has 0 radical (unpaired) electrons. The van der Waals surface area contributed by atoms with Crippen LogP contribution in [0.5, 0.6) is 0 Å². The van der Waals surface area contributed by atoms with E-state index in [0.717, 1.165) is 36.1 Å². The molecule has 1 aromatic carbocycles. The van der Waals surface area contributed by atoms with Crippen LogP contribution in [0.2, 0.25) is 0 Å². The Labute approximate surface area is 137 Å². The molecule has 0 unspecified atom stereocenters. The van der Waals surface area contributed by atoms with Crippen molar-refractivity contribution in [2.45, 2.75) is 24.8 Å². The Bertz CT molecular complexity index is 1050. The molecular weight excluding hydrogens is 304 g/mol. The Balaban J connectivity index is 1.59. The third kappa shape index (κ3) is 1.65. The molecule has 2 aromatic heterocycles. The largest absolute Gasteiger partial charge is 0.311 e. The van der Waals surface area contributed by atoms with E-state index in [9.17, 15) is 9.59 Å². The van der Waals surface area contributed by atoms with Crippen molar-refractivity contribution >= 4 is 16.7 Å². The summed E-state index contributed by atoms with van der Waals surface area (Å²) in [5.74, 6) is 0.685. The van der Waals surface area contributed by atoms with Crippen LogP contribution in [-0.4, -0.2) is 25.3 Å². The van der Waals surface area contributed by atoms with Crippen molar-refractivity contribution in [3.8, 4) is 0 Å². The lowest BCUT2D eigenvalue weighted by Crippen LogP contribution is -2.59. The van der Waals surface area contributed by atoms with Gasteiger partial charge in [0.15, 0.2) is 5.69 Å². The van der Waals surface area contributed by atoms with Crippen molar-refractivity contribution in [3.63, 3.8) is 0 Å². The zero-order valence-electron chi connectivity index (χ0n) is 13.3. The van der Waals surface area contributed by atoms with E-state index in [2.05, 4.69) is 10.3 Å². The van der Waals surface area contributed by atoms with E-state index in [4.69, 9.17) is 0 Å². The molecule has 2 bridgehead atoms. The fourth-order valence-corrected chi connectivity index (χ4v) is 4.05. The van der Waals surface area contributed by atoms with Crippen LogP contribution in [0.4, 0.5) is 0 Å². The minimum absolute atomic E-state index is 0.0957. The summed E-state index contributed by atoms with van der Waals surface area (Å²) in [7, 11) is 1.71. The van der Waals surface area contributed by atoms with Gasteiger partial charge in [0, 0.05) is 24.1 Å². The molecule has 2 heterocycles. The van der Waals surface area contributed by atoms with E-state index in [0.29, 0.717) is 11.3 Å². The second-order valence-electron chi connectivity index (χ2n) is 7.05. The van der Waals surface area contributed by atoms with Crippen molar-refractivity contribution in [3.05, 3.63) is 58.1 Å². The molecule has 0 N–H and O–H groups in total. The minimum Gasteiger partial charge on any atom is -0.311 e. The van der Waals surface area contributed by atoms with Crippen LogP contribution in [0, 0.1) is 5.92 Å². The quantitative estimate of drug-likeness (QED) is 0.691. The summed E-state index contributed by atoms with van der Waals surface area (Å²) in [4.78, 5) is 24.7. The monoisotopic (exact) mass is 320 g/mol. The molecule has 3 aliphatic carbocycles. The highest BCUT2D eigenvalue weighted by atomic mass is 16.1. The first kappa shape index (κ1) is 13.7. The van der Waals surface area contributed by atoms with Gasteiger partial charge >= 0.3 is 0 Å². The van der Waals surface area contributed by atoms with Gasteiger partial charge in [0.05, 0.1) is 17.3 Å². The number of carbonyl (C=O) groups is 1. The SMILES string of the molecule is Cn1c(=O)ccc2c(C(=O)c3cn(C45CC(C4)C5)nn3)cccc21. The van der Waals surface area contributed by atoms with Gasteiger partial charge in [-0.25, -0.2) is 4.68 Å². The van der Waals surface area contributed by atoms with Gasteiger partial charge in [-0.05, 0) is 37.3 Å². The number of pyridine rings is 1. The fourth-order valence-electron chi connectivity index (χ4n) is 4.05. The van der Waals surface area contributed by atoms with Crippen LogP contribution in [-0.2, 0) is 12.6 Å². The first-order chi connectivity index (χ1) is 11.6. The number of benzene rings is 1. The molecule has 0 spiro atoms. The lowest BCUT2D eigenvalue weighted by molar-refractivity contribution is -0.0988. The highest BCUT2D eigenvalue weighted by Crippen LogP contribution is 2.61. The van der Waals surface area contributed by atoms with Crippen LogP contribution in [0.1, 0.15) is 35.3 Å². The molecular formula is C18H16N4O2. The third-order valence-corrected chi connectivity index (χ3v) is 5.63. The molecule has 3 fully saturated rings. The van der Waals surface area contributed by atoms with Crippen molar-refractivity contribution in [1.82, 2.24) is 19.6 Å². The fraction of sp³-hybridized carbons (Fsp3) is 0.333. The summed E-state index contributed by atoms with van der Waals surface area (Å²) >= 11 is 0. The highest BCUT2D eigenvalue weighted by molar-refractivity contribution is 6.14. The van der Waals surface area contributed by atoms with Gasteiger partial charge in [-0.1, -0.05) is 17.3 Å². The maximum absolute atomic E-state index is 12.9. The van der Waals surface area contributed by atoms with E-state index < -0.39 is 0 Å². The lowest BCUT2D eigenvalue weighted by Gasteiger charge is -2.61. The molecule has 3 aromatic rings. The van der Waals surface area contributed by atoms with Crippen LogP contribution in [0.3, 0.4) is 0 Å². The van der Waals surface area contributed by atoms with Crippen molar-refractivity contribution in [1.29, 1.82) is 0 Å². The highest BCUT2D eigenvalue weighted by Gasteiger charge is 2.58. The van der Waals surface area contributed by atoms with Crippen LogP contribution < -0.4 is 5.56 Å². The molecule has 3 aliphatic rings. The van der Waals surface area contributed by atoms with Gasteiger partial charge in [0.25, 0.3) is 5.56 Å². The van der Waals surface area contributed by atoms with Gasteiger partial charge in [0.1, 0.15) is 0 Å². The van der Waals surface area contributed by atoms with Gasteiger partial charge in [0.2, 0.25) is 5.78 Å². The summed E-state index contributed by atoms with van der Waals surface area (Å²) in [5, 5.41) is 9.06. The first-order valence-electron chi connectivity index (χ1n) is 8.14. The molecule has 3 saturated carbocycles. The Morgan fingerprint density at radius 3 is 2.71 bits per heavy atom. The Hall–Kier alpha value is -2.76. The Kier molecular flexibility index (Phi) is 2.51. The van der Waals surface area contributed by atoms with Crippen molar-refractivity contribution < 1.29 is 4.79 Å². The van der Waals surface area contributed by atoms with Gasteiger partial charge in [-0.3, -0.25) is 9.59 Å². The van der Waals surface area contributed by atoms with E-state index in [1.165, 1.54) is 6.07 Å². The second kappa shape index (κ2) is 4.41. The number of rotatable bonds is 3. The molecule has 24 heavy (non-hydrogen) atoms. The Morgan fingerprint density at radius 2 is 2.00 bits per heavy atom. The number of fused-ring (bicyclic) bond motifs is 1. The predicted molar refractivity (Wildman–Crippen MR) is 88.0 cm³/mol. The summed E-state index contributed by atoms with van der Waals surface area (Å²) in [6.07, 6.45) is 5.24. The molecule has 6 rings (SSSR count). The zero-order chi connectivity index (χ0) is 16.5. The van der Waals surface area contributed by atoms with Gasteiger partial charge in [-0.2, -0.15) is 0 Å². The maximum atomic E-state index is 12.9. The van der Waals surface area contributed by atoms with Gasteiger partial charge < -0.3 is 4.57 Å². The second-order valence-corrected chi connectivity index (χ2v) is 7.05. The van der Waals surface area contributed by atoms with E-state index in [1.807, 2.05) is 10.7 Å². The number of nitrogens with zero attached hydrogens (tertiary/aromatic N) is 4. The van der Waals surface area contributed by atoms with Crippen LogP contribution >= 0.6 is 0 Å². The molecule has 6 heteroatoms. The normalized spacial score (nSPS) is 24.5. The predicted octanol–water partition coefficient (Wildman–Crippen LogP) is 1.87. The molecule has 0 amide bonds. The summed E-state index contributed by atoms with van der Waals surface area (Å²) in [6.45, 7) is 0. The zero-order valence-corrected chi connectivity index (χ0v) is 13.3. The van der Waals surface area contributed by atoms with Crippen molar-refractivity contribution in [2.24, 2.45) is 13.0 Å². The number of ketones is 1. The molecule has 0 atom stereocenters. The number of hydrogen-bond acceptors (Lipinski definition) is 4. The number of aromatic nitrogens is 4. The first-order valence-corrected chi connectivity index (χ1v) is 8.14. The molecule has 120 valence electrons. The number of aryl methyl sites for hydroxylation is 1. The number of hydrogen-bond donors (Lipinski definition) is 0. The summed E-state index contributed by atoms with van der Waals surface area (Å²) in [5.41, 5.74) is 1.68. The third-order valence-electron chi connectivity index (χ3n) is 5.63. The molecule has 6 nitrogen and oxygen atoms in total. The molecule has 0 aliphatic heterocycles. The van der Waals surface area contributed by atoms with Gasteiger partial charge in [-0.15, -0.1) is 5.10 Å². The number of carbonyl (C=O) groups excluding carboxylic acids is 1. The van der Waals surface area contributed by atoms with Crippen molar-refractivity contribution in [2.75, 3.05) is 0 Å². The summed E-state index contributed by atoms with van der Waals surface area (Å²) < 4.78 is 3.42. The van der Waals surface area contributed by atoms with Crippen LogP contribution in [0.15, 0.2) is 41.3 Å². The smallest absolute Gasteiger partial charge is 0.250 e. The van der Waals surface area contributed by atoms with E-state index in [-0.39, 0.29) is 16.9 Å². The average Bonchev–Trinajstić information content (AvgIpc) is 2.96. The standard InChI is InChI=1S/C18H16N4O2/c1-21-15-4-2-3-13(12(15)5-6-16(21)23)17(24)14-10-22(20-19-14)18-7-11(8-18)9-18/h2-6,10-11H,7-9H2,1H3. The van der Waals surface area contributed by atoms with Crippen LogP contribution in [0.25, 0.3) is 10.9 Å². The average molecular weight is 320 g/mol.